The van der Waals surface area contributed by atoms with Crippen molar-refractivity contribution in [1.82, 2.24) is 0 Å². The van der Waals surface area contributed by atoms with Gasteiger partial charge in [0.1, 0.15) is 0 Å². The molecule has 1 aromatic carbocycles. The minimum absolute atomic E-state index is 0.117. The lowest BCUT2D eigenvalue weighted by Gasteiger charge is -2.01. The number of hydrogen-bond donors (Lipinski definition) is 2. The van der Waals surface area contributed by atoms with Crippen LogP contribution in [-0.2, 0) is 9.59 Å². The predicted octanol–water partition coefficient (Wildman–Crippen LogP) is 0.710. The highest BCUT2D eigenvalue weighted by Gasteiger charge is 2.28. The number of carbonyl (C=O) groups excluding carboxylic acids is 3. The summed E-state index contributed by atoms with van der Waals surface area (Å²) in [7, 11) is 0. The topological polar surface area (TPSA) is 89.3 Å². The van der Waals surface area contributed by atoms with Gasteiger partial charge in [-0.05, 0) is 11.6 Å². The summed E-state index contributed by atoms with van der Waals surface area (Å²) in [6.07, 6.45) is 3.36. The van der Waals surface area contributed by atoms with E-state index in [4.69, 9.17) is 5.73 Å². The van der Waals surface area contributed by atoms with Crippen molar-refractivity contribution in [3.8, 4) is 0 Å². The van der Waals surface area contributed by atoms with Gasteiger partial charge >= 0.3 is 0 Å². The standard InChI is InChI=1S/C12H10N2O3/c13-9(15)6-2-4-7-3-1-5-8-10(7)14-12(17)11(8)16/h1-5H,6H2,(H2,13,15)(H,14,16,17). The summed E-state index contributed by atoms with van der Waals surface area (Å²) in [6.45, 7) is 0. The van der Waals surface area contributed by atoms with Crippen LogP contribution in [0.2, 0.25) is 0 Å². The highest BCUT2D eigenvalue weighted by molar-refractivity contribution is 6.52. The van der Waals surface area contributed by atoms with Gasteiger partial charge in [0, 0.05) is 6.42 Å². The second-order valence-corrected chi connectivity index (χ2v) is 3.63. The van der Waals surface area contributed by atoms with Crippen LogP contribution in [0.25, 0.3) is 6.08 Å². The van der Waals surface area contributed by atoms with E-state index >= 15 is 0 Å². The molecule has 17 heavy (non-hydrogen) atoms. The average molecular weight is 230 g/mol. The molecule has 0 aliphatic carbocycles. The summed E-state index contributed by atoms with van der Waals surface area (Å²) in [6, 6.07) is 5.01. The Morgan fingerprint density at radius 2 is 2.12 bits per heavy atom. The van der Waals surface area contributed by atoms with Gasteiger partial charge < -0.3 is 11.1 Å². The van der Waals surface area contributed by atoms with E-state index in [2.05, 4.69) is 5.32 Å². The lowest BCUT2D eigenvalue weighted by atomic mass is 10.1. The van der Waals surface area contributed by atoms with Crippen LogP contribution in [0.3, 0.4) is 0 Å². The number of hydrogen-bond acceptors (Lipinski definition) is 3. The molecule has 0 bridgehead atoms. The van der Waals surface area contributed by atoms with E-state index in [9.17, 15) is 14.4 Å². The maximum atomic E-state index is 11.4. The SMILES string of the molecule is NC(=O)CC=Cc1cccc2c1NC(=O)C2=O. The molecular formula is C12H10N2O3. The van der Waals surface area contributed by atoms with Crippen LogP contribution < -0.4 is 11.1 Å². The zero-order valence-electron chi connectivity index (χ0n) is 8.90. The molecule has 5 nitrogen and oxygen atoms in total. The Bertz CT molecular complexity index is 547. The molecule has 1 aliphatic heterocycles. The number of nitrogens with one attached hydrogen (secondary N) is 1. The third kappa shape index (κ3) is 2.08. The number of carbonyl (C=O) groups is 3. The van der Waals surface area contributed by atoms with Crippen LogP contribution >= 0.6 is 0 Å². The molecule has 2 rings (SSSR count). The van der Waals surface area contributed by atoms with Crippen LogP contribution in [0.15, 0.2) is 24.3 Å². The number of Topliss-reactive ketones (excluding diaryl/α,β-unsaturated/α-hetero) is 1. The van der Waals surface area contributed by atoms with E-state index in [1.165, 1.54) is 0 Å². The van der Waals surface area contributed by atoms with E-state index in [1.54, 1.807) is 30.4 Å². The monoisotopic (exact) mass is 230 g/mol. The van der Waals surface area contributed by atoms with Crippen molar-refractivity contribution in [3.63, 3.8) is 0 Å². The van der Waals surface area contributed by atoms with E-state index < -0.39 is 17.6 Å². The Kier molecular flexibility index (Phi) is 2.74. The molecule has 1 aliphatic rings. The minimum atomic E-state index is -0.629. The van der Waals surface area contributed by atoms with Crippen molar-refractivity contribution in [2.24, 2.45) is 5.73 Å². The molecule has 5 heteroatoms. The largest absolute Gasteiger partial charge is 0.369 e. The number of nitrogens with two attached hydrogens (primary N) is 1. The Hall–Kier alpha value is -2.43. The van der Waals surface area contributed by atoms with Crippen LogP contribution in [0.5, 0.6) is 0 Å². The van der Waals surface area contributed by atoms with Crippen LogP contribution in [-0.4, -0.2) is 17.6 Å². The first-order valence-corrected chi connectivity index (χ1v) is 5.03. The number of anilines is 1. The summed E-state index contributed by atoms with van der Waals surface area (Å²) in [5.41, 5.74) is 6.53. The molecule has 0 spiro atoms. The van der Waals surface area contributed by atoms with Crippen LogP contribution in [0, 0.1) is 0 Å². The van der Waals surface area contributed by atoms with Gasteiger partial charge in [-0.15, -0.1) is 0 Å². The lowest BCUT2D eigenvalue weighted by Crippen LogP contribution is -2.12. The molecule has 0 saturated carbocycles. The first-order valence-electron chi connectivity index (χ1n) is 5.03. The molecular weight excluding hydrogens is 220 g/mol. The molecule has 1 heterocycles. The van der Waals surface area contributed by atoms with Gasteiger partial charge in [-0.2, -0.15) is 0 Å². The Morgan fingerprint density at radius 1 is 1.35 bits per heavy atom. The number of ketones is 1. The van der Waals surface area contributed by atoms with E-state index in [1.807, 2.05) is 0 Å². The van der Waals surface area contributed by atoms with Crippen molar-refractivity contribution >= 4 is 29.4 Å². The third-order valence-corrected chi connectivity index (χ3v) is 2.40. The number of rotatable bonds is 3. The van der Waals surface area contributed by atoms with Crippen molar-refractivity contribution in [1.29, 1.82) is 0 Å². The predicted molar refractivity (Wildman–Crippen MR) is 62.2 cm³/mol. The second-order valence-electron chi connectivity index (χ2n) is 3.63. The fourth-order valence-corrected chi connectivity index (χ4v) is 1.63. The quantitative estimate of drug-likeness (QED) is 0.749. The average Bonchev–Trinajstić information content (AvgIpc) is 2.56. The Morgan fingerprint density at radius 3 is 2.82 bits per heavy atom. The van der Waals surface area contributed by atoms with Gasteiger partial charge in [-0.25, -0.2) is 0 Å². The maximum Gasteiger partial charge on any atom is 0.296 e. The Labute approximate surface area is 97.3 Å². The highest BCUT2D eigenvalue weighted by Crippen LogP contribution is 2.27. The first kappa shape index (κ1) is 11.1. The van der Waals surface area contributed by atoms with Crippen LogP contribution in [0.1, 0.15) is 22.3 Å². The van der Waals surface area contributed by atoms with Crippen molar-refractivity contribution in [2.75, 3.05) is 5.32 Å². The first-order chi connectivity index (χ1) is 8.09. The van der Waals surface area contributed by atoms with Crippen molar-refractivity contribution < 1.29 is 14.4 Å². The summed E-state index contributed by atoms with van der Waals surface area (Å²) < 4.78 is 0. The molecule has 0 atom stereocenters. The number of primary amides is 1. The fraction of sp³-hybridized carbons (Fsp3) is 0.0833. The fourth-order valence-electron chi connectivity index (χ4n) is 1.63. The summed E-state index contributed by atoms with van der Waals surface area (Å²) in [4.78, 5) is 33.2. The summed E-state index contributed by atoms with van der Waals surface area (Å²) in [5, 5.41) is 2.50. The molecule has 0 radical (unpaired) electrons. The zero-order valence-corrected chi connectivity index (χ0v) is 8.90. The van der Waals surface area contributed by atoms with Gasteiger partial charge in [0.05, 0.1) is 11.3 Å². The molecule has 3 N–H and O–H groups in total. The smallest absolute Gasteiger partial charge is 0.296 e. The number of amides is 2. The third-order valence-electron chi connectivity index (χ3n) is 2.40. The van der Waals surface area contributed by atoms with Gasteiger partial charge in [0.15, 0.2) is 0 Å². The zero-order chi connectivity index (χ0) is 12.4. The Balaban J connectivity index is 2.33. The lowest BCUT2D eigenvalue weighted by molar-refractivity contribution is -0.117. The van der Waals surface area contributed by atoms with Crippen molar-refractivity contribution in [3.05, 3.63) is 35.4 Å². The normalized spacial score (nSPS) is 13.9. The molecule has 0 saturated heterocycles. The highest BCUT2D eigenvalue weighted by atomic mass is 16.2. The van der Waals surface area contributed by atoms with Gasteiger partial charge in [0.2, 0.25) is 5.91 Å². The molecule has 86 valence electrons. The summed E-state index contributed by atoms with van der Waals surface area (Å²) >= 11 is 0. The van der Waals surface area contributed by atoms with Gasteiger partial charge in [-0.3, -0.25) is 14.4 Å². The molecule has 0 aromatic heterocycles. The number of benzene rings is 1. The van der Waals surface area contributed by atoms with Crippen molar-refractivity contribution in [2.45, 2.75) is 6.42 Å². The number of fused-ring (bicyclic) bond motifs is 1. The number of para-hydroxylation sites is 1. The van der Waals surface area contributed by atoms with E-state index in [-0.39, 0.29) is 6.42 Å². The van der Waals surface area contributed by atoms with Gasteiger partial charge in [0.25, 0.3) is 11.7 Å². The van der Waals surface area contributed by atoms with E-state index in [0.29, 0.717) is 16.8 Å². The maximum absolute atomic E-state index is 11.4. The minimum Gasteiger partial charge on any atom is -0.369 e. The molecule has 2 amide bonds. The molecule has 0 fully saturated rings. The van der Waals surface area contributed by atoms with E-state index in [0.717, 1.165) is 0 Å². The molecule has 0 unspecified atom stereocenters. The molecule has 1 aromatic rings. The van der Waals surface area contributed by atoms with Crippen LogP contribution in [0.4, 0.5) is 5.69 Å². The second kappa shape index (κ2) is 4.21. The summed E-state index contributed by atoms with van der Waals surface area (Å²) in [5.74, 6) is -1.60. The van der Waals surface area contributed by atoms with Gasteiger partial charge in [-0.1, -0.05) is 24.3 Å².